The first-order valence-electron chi connectivity index (χ1n) is 8.62. The molecule has 3 aromatic rings. The fourth-order valence-corrected chi connectivity index (χ4v) is 2.94. The van der Waals surface area contributed by atoms with Crippen molar-refractivity contribution in [2.24, 2.45) is 4.99 Å². The average molecular weight is 345 g/mol. The van der Waals surface area contributed by atoms with Gasteiger partial charge >= 0.3 is 0 Å². The van der Waals surface area contributed by atoms with E-state index in [1.54, 1.807) is 16.8 Å². The highest BCUT2D eigenvalue weighted by atomic mass is 16.2. The lowest BCUT2D eigenvalue weighted by Crippen LogP contribution is -2.24. The summed E-state index contributed by atoms with van der Waals surface area (Å²) in [5.41, 5.74) is 9.78. The van der Waals surface area contributed by atoms with Crippen LogP contribution in [-0.4, -0.2) is 16.8 Å². The third-order valence-corrected chi connectivity index (χ3v) is 4.41. The van der Waals surface area contributed by atoms with Gasteiger partial charge in [-0.1, -0.05) is 35.9 Å². The van der Waals surface area contributed by atoms with E-state index in [1.165, 1.54) is 5.56 Å². The van der Waals surface area contributed by atoms with Crippen LogP contribution in [-0.2, 0) is 0 Å². The van der Waals surface area contributed by atoms with E-state index in [9.17, 15) is 4.79 Å². The number of aliphatic imine (C=N–C) groups is 1. The van der Waals surface area contributed by atoms with Crippen LogP contribution in [0, 0.1) is 27.7 Å². The number of carbonyl (C=O) groups excluding carboxylic acids is 1. The molecular weight excluding hydrogens is 322 g/mol. The smallest absolute Gasteiger partial charge is 0.267 e. The fraction of sp³-hybridized carbons (Fsp3) is 0.182. The van der Waals surface area contributed by atoms with E-state index in [4.69, 9.17) is 0 Å². The van der Waals surface area contributed by atoms with Crippen molar-refractivity contribution in [2.75, 3.05) is 5.43 Å². The summed E-state index contributed by atoms with van der Waals surface area (Å²) >= 11 is 0. The largest absolute Gasteiger partial charge is 0.270 e. The second kappa shape index (κ2) is 7.40. The average Bonchev–Trinajstić information content (AvgIpc) is 2.89. The Balaban J connectivity index is 1.84. The van der Waals surface area contributed by atoms with Gasteiger partial charge in [0, 0.05) is 28.7 Å². The van der Waals surface area contributed by atoms with Crippen molar-refractivity contribution < 1.29 is 4.79 Å². The Morgan fingerprint density at radius 3 is 2.42 bits per heavy atom. The quantitative estimate of drug-likeness (QED) is 0.675. The molecule has 1 heterocycles. The van der Waals surface area contributed by atoms with E-state index in [1.807, 2.05) is 50.4 Å². The molecule has 0 aliphatic carbocycles. The third-order valence-electron chi connectivity index (χ3n) is 4.41. The number of benzene rings is 2. The molecule has 1 amide bonds. The second-order valence-corrected chi connectivity index (χ2v) is 6.52. The van der Waals surface area contributed by atoms with E-state index in [-0.39, 0.29) is 5.91 Å². The summed E-state index contributed by atoms with van der Waals surface area (Å²) in [7, 11) is 0. The summed E-state index contributed by atoms with van der Waals surface area (Å²) in [6.07, 6.45) is 1.85. The Morgan fingerprint density at radius 1 is 1.00 bits per heavy atom. The van der Waals surface area contributed by atoms with Gasteiger partial charge in [-0.15, -0.1) is 0 Å². The summed E-state index contributed by atoms with van der Waals surface area (Å²) in [5, 5.41) is 0. The Kier molecular flexibility index (Phi) is 5.03. The Labute approximate surface area is 154 Å². The number of nitrogens with zero attached hydrogens (tertiary/aromatic N) is 2. The molecule has 0 unspecified atom stereocenters. The van der Waals surface area contributed by atoms with Gasteiger partial charge in [0.2, 0.25) is 0 Å². The van der Waals surface area contributed by atoms with Crippen LogP contribution >= 0.6 is 0 Å². The molecule has 3 rings (SSSR count). The third kappa shape index (κ3) is 3.75. The van der Waals surface area contributed by atoms with Gasteiger partial charge in [0.05, 0.1) is 5.69 Å². The van der Waals surface area contributed by atoms with E-state index in [0.29, 0.717) is 5.56 Å². The number of amides is 1. The molecule has 0 saturated carbocycles. The van der Waals surface area contributed by atoms with Crippen LogP contribution in [0.1, 0.15) is 38.4 Å². The molecular formula is C22H23N3O. The number of hydrogen-bond donors (Lipinski definition) is 1. The highest BCUT2D eigenvalue weighted by Crippen LogP contribution is 2.20. The zero-order valence-electron chi connectivity index (χ0n) is 15.6. The number of hydrogen-bond acceptors (Lipinski definition) is 2. The minimum atomic E-state index is -0.134. The van der Waals surface area contributed by atoms with Crippen LogP contribution in [0.2, 0.25) is 0 Å². The molecule has 0 spiro atoms. The van der Waals surface area contributed by atoms with Gasteiger partial charge in [-0.3, -0.25) is 19.9 Å². The first-order chi connectivity index (χ1) is 12.5. The molecule has 26 heavy (non-hydrogen) atoms. The molecule has 0 radical (unpaired) electrons. The van der Waals surface area contributed by atoms with Gasteiger partial charge in [-0.25, -0.2) is 0 Å². The Bertz CT molecular complexity index is 969. The van der Waals surface area contributed by atoms with Crippen molar-refractivity contribution in [3.8, 4) is 0 Å². The van der Waals surface area contributed by atoms with Crippen molar-refractivity contribution in [2.45, 2.75) is 27.7 Å². The number of nitrogens with one attached hydrogen (secondary N) is 1. The van der Waals surface area contributed by atoms with Crippen LogP contribution in [0.5, 0.6) is 0 Å². The summed E-state index contributed by atoms with van der Waals surface area (Å²) in [5.74, 6) is -0.134. The van der Waals surface area contributed by atoms with E-state index >= 15 is 0 Å². The summed E-state index contributed by atoms with van der Waals surface area (Å²) in [6.45, 7) is 8.07. The molecule has 2 aromatic carbocycles. The normalized spacial score (nSPS) is 11.1. The lowest BCUT2D eigenvalue weighted by molar-refractivity contribution is 0.101. The van der Waals surface area contributed by atoms with Crippen molar-refractivity contribution in [3.05, 3.63) is 88.2 Å². The van der Waals surface area contributed by atoms with Gasteiger partial charge in [-0.05, 0) is 57.5 Å². The first-order valence-corrected chi connectivity index (χ1v) is 8.62. The predicted molar refractivity (Wildman–Crippen MR) is 107 cm³/mol. The Morgan fingerprint density at radius 2 is 1.73 bits per heavy atom. The number of aromatic nitrogens is 1. The maximum atomic E-state index is 12.4. The SMILES string of the molecule is Cc1ccc(N=Cc2cc(C)n(NC(=O)c3ccccc3)c2C)c(C)c1. The molecule has 4 nitrogen and oxygen atoms in total. The van der Waals surface area contributed by atoms with Crippen LogP contribution in [0.4, 0.5) is 5.69 Å². The van der Waals surface area contributed by atoms with Crippen molar-refractivity contribution >= 4 is 17.8 Å². The lowest BCUT2D eigenvalue weighted by Gasteiger charge is -2.11. The molecule has 0 saturated heterocycles. The van der Waals surface area contributed by atoms with Gasteiger partial charge in [0.25, 0.3) is 5.91 Å². The molecule has 132 valence electrons. The predicted octanol–water partition coefficient (Wildman–Crippen LogP) is 4.86. The monoisotopic (exact) mass is 345 g/mol. The topological polar surface area (TPSA) is 46.4 Å². The van der Waals surface area contributed by atoms with Gasteiger partial charge in [0.1, 0.15) is 0 Å². The van der Waals surface area contributed by atoms with Crippen molar-refractivity contribution in [1.82, 2.24) is 4.68 Å². The standard InChI is InChI=1S/C22H23N3O/c1-15-10-11-21(16(2)12-15)23-14-20-13-17(3)25(18(20)4)24-22(26)19-8-6-5-7-9-19/h5-14H,1-4H3,(H,24,26). The summed E-state index contributed by atoms with van der Waals surface area (Å²) in [6, 6.07) is 17.4. The fourth-order valence-electron chi connectivity index (χ4n) is 2.94. The van der Waals surface area contributed by atoms with Crippen LogP contribution in [0.3, 0.4) is 0 Å². The van der Waals surface area contributed by atoms with Gasteiger partial charge in [0.15, 0.2) is 0 Å². The highest BCUT2D eigenvalue weighted by molar-refractivity contribution is 6.00. The maximum Gasteiger partial charge on any atom is 0.270 e. The van der Waals surface area contributed by atoms with Crippen molar-refractivity contribution in [3.63, 3.8) is 0 Å². The van der Waals surface area contributed by atoms with Gasteiger partial charge < -0.3 is 0 Å². The number of carbonyl (C=O) groups is 1. The minimum absolute atomic E-state index is 0.134. The molecule has 0 bridgehead atoms. The summed E-state index contributed by atoms with van der Waals surface area (Å²) < 4.78 is 1.80. The Hall–Kier alpha value is -3.14. The number of rotatable bonds is 4. The molecule has 0 aliphatic rings. The zero-order chi connectivity index (χ0) is 18.7. The second-order valence-electron chi connectivity index (χ2n) is 6.52. The van der Waals surface area contributed by atoms with Gasteiger partial charge in [-0.2, -0.15) is 0 Å². The minimum Gasteiger partial charge on any atom is -0.267 e. The lowest BCUT2D eigenvalue weighted by atomic mass is 10.1. The van der Waals surface area contributed by atoms with Crippen LogP contribution < -0.4 is 5.43 Å². The van der Waals surface area contributed by atoms with E-state index in [2.05, 4.69) is 36.4 Å². The highest BCUT2D eigenvalue weighted by Gasteiger charge is 2.11. The number of aryl methyl sites for hydroxylation is 3. The molecule has 0 atom stereocenters. The molecule has 4 heteroatoms. The zero-order valence-corrected chi connectivity index (χ0v) is 15.6. The molecule has 0 fully saturated rings. The first kappa shape index (κ1) is 17.7. The van der Waals surface area contributed by atoms with Crippen LogP contribution in [0.25, 0.3) is 0 Å². The van der Waals surface area contributed by atoms with Crippen molar-refractivity contribution in [1.29, 1.82) is 0 Å². The summed E-state index contributed by atoms with van der Waals surface area (Å²) in [4.78, 5) is 17.0. The van der Waals surface area contributed by atoms with Crippen LogP contribution in [0.15, 0.2) is 59.6 Å². The van der Waals surface area contributed by atoms with E-state index in [0.717, 1.165) is 28.2 Å². The van der Waals surface area contributed by atoms with E-state index < -0.39 is 0 Å². The molecule has 1 N–H and O–H groups in total. The maximum absolute atomic E-state index is 12.4. The molecule has 1 aromatic heterocycles. The molecule has 0 aliphatic heterocycles.